The van der Waals surface area contributed by atoms with Crippen LogP contribution in [0.5, 0.6) is 0 Å². The third-order valence-electron chi connectivity index (χ3n) is 2.59. The van der Waals surface area contributed by atoms with E-state index in [4.69, 9.17) is 0 Å². The maximum absolute atomic E-state index is 4.51. The Morgan fingerprint density at radius 3 is 2.63 bits per heavy atom. The zero-order valence-electron chi connectivity index (χ0n) is 10.8. The molecule has 0 fully saturated rings. The molecule has 5 heteroatoms. The van der Waals surface area contributed by atoms with Crippen molar-refractivity contribution in [2.45, 2.75) is 26.3 Å². The van der Waals surface area contributed by atoms with Gasteiger partial charge in [-0.05, 0) is 33.6 Å². The zero-order valence-corrected chi connectivity index (χ0v) is 14.0. The van der Waals surface area contributed by atoms with Crippen molar-refractivity contribution in [3.63, 3.8) is 0 Å². The summed E-state index contributed by atoms with van der Waals surface area (Å²) in [7, 11) is 0. The second-order valence-electron chi connectivity index (χ2n) is 4.57. The lowest BCUT2D eigenvalue weighted by molar-refractivity contribution is 0.769. The quantitative estimate of drug-likeness (QED) is 0.773. The molecule has 1 aromatic heterocycles. The van der Waals surface area contributed by atoms with E-state index >= 15 is 0 Å². The second kappa shape index (κ2) is 6.48. The second-order valence-corrected chi connectivity index (χ2v) is 6.30. The van der Waals surface area contributed by atoms with Crippen LogP contribution in [0.15, 0.2) is 39.4 Å². The van der Waals surface area contributed by atoms with Crippen molar-refractivity contribution in [1.29, 1.82) is 0 Å². The number of hydrogen-bond donors (Lipinski definition) is 1. The van der Waals surface area contributed by atoms with Gasteiger partial charge in [0.25, 0.3) is 0 Å². The van der Waals surface area contributed by atoms with Gasteiger partial charge in [-0.25, -0.2) is 9.97 Å². The van der Waals surface area contributed by atoms with Gasteiger partial charge in [0.15, 0.2) is 0 Å². The van der Waals surface area contributed by atoms with Crippen molar-refractivity contribution in [3.8, 4) is 0 Å². The number of hydrogen-bond acceptors (Lipinski definition) is 3. The Kier molecular flexibility index (Phi) is 4.93. The average molecular weight is 385 g/mol. The van der Waals surface area contributed by atoms with Crippen LogP contribution in [0, 0.1) is 0 Å². The van der Waals surface area contributed by atoms with Gasteiger partial charge in [0.05, 0.1) is 0 Å². The van der Waals surface area contributed by atoms with Crippen LogP contribution in [-0.2, 0) is 6.54 Å². The Morgan fingerprint density at radius 1 is 1.16 bits per heavy atom. The van der Waals surface area contributed by atoms with Crippen molar-refractivity contribution in [1.82, 2.24) is 9.97 Å². The van der Waals surface area contributed by atoms with E-state index in [-0.39, 0.29) is 0 Å². The van der Waals surface area contributed by atoms with Gasteiger partial charge in [0, 0.05) is 23.0 Å². The Balaban J connectivity index is 2.11. The summed E-state index contributed by atoms with van der Waals surface area (Å²) >= 11 is 6.89. The average Bonchev–Trinajstić information content (AvgIpc) is 2.36. The summed E-state index contributed by atoms with van der Waals surface area (Å²) in [4.78, 5) is 8.87. The van der Waals surface area contributed by atoms with Crippen LogP contribution in [0.3, 0.4) is 0 Å². The Bertz CT molecular complexity index is 570. The van der Waals surface area contributed by atoms with E-state index in [0.29, 0.717) is 5.92 Å². The molecule has 0 aliphatic heterocycles. The molecule has 0 radical (unpaired) electrons. The molecule has 0 aliphatic rings. The number of rotatable bonds is 4. The van der Waals surface area contributed by atoms with Gasteiger partial charge in [-0.1, -0.05) is 41.9 Å². The standard InChI is InChI=1S/C14H15Br2N3/c1-9(2)14-18-12(16)7-13(19-14)17-8-10-4-3-5-11(15)6-10/h3-7,9H,8H2,1-2H3,(H,17,18,19). The molecular weight excluding hydrogens is 370 g/mol. The molecule has 0 spiro atoms. The van der Waals surface area contributed by atoms with Crippen LogP contribution in [0.2, 0.25) is 0 Å². The minimum Gasteiger partial charge on any atom is -0.366 e. The predicted octanol–water partition coefficient (Wildman–Crippen LogP) is 4.74. The molecule has 19 heavy (non-hydrogen) atoms. The number of nitrogens with zero attached hydrogens (tertiary/aromatic N) is 2. The molecule has 0 amide bonds. The summed E-state index contributed by atoms with van der Waals surface area (Å²) < 4.78 is 1.89. The van der Waals surface area contributed by atoms with Crippen LogP contribution in [0.25, 0.3) is 0 Å². The van der Waals surface area contributed by atoms with Gasteiger partial charge >= 0.3 is 0 Å². The molecule has 0 unspecified atom stereocenters. The number of aromatic nitrogens is 2. The van der Waals surface area contributed by atoms with E-state index in [9.17, 15) is 0 Å². The van der Waals surface area contributed by atoms with Gasteiger partial charge in [-0.2, -0.15) is 0 Å². The summed E-state index contributed by atoms with van der Waals surface area (Å²) in [5.74, 6) is 1.99. The first-order valence-corrected chi connectivity index (χ1v) is 7.66. The molecule has 0 bridgehead atoms. The van der Waals surface area contributed by atoms with Crippen molar-refractivity contribution in [3.05, 3.63) is 50.8 Å². The zero-order chi connectivity index (χ0) is 13.8. The summed E-state index contributed by atoms with van der Waals surface area (Å²) in [5, 5.41) is 3.32. The maximum atomic E-state index is 4.51. The monoisotopic (exact) mass is 383 g/mol. The molecule has 0 saturated carbocycles. The normalized spacial score (nSPS) is 10.8. The smallest absolute Gasteiger partial charge is 0.134 e. The minimum absolute atomic E-state index is 0.309. The number of anilines is 1. The highest BCUT2D eigenvalue weighted by Crippen LogP contribution is 2.18. The van der Waals surface area contributed by atoms with E-state index < -0.39 is 0 Å². The van der Waals surface area contributed by atoms with E-state index in [1.54, 1.807) is 0 Å². The van der Waals surface area contributed by atoms with Crippen LogP contribution in [-0.4, -0.2) is 9.97 Å². The fourth-order valence-electron chi connectivity index (χ4n) is 1.62. The van der Waals surface area contributed by atoms with E-state index in [0.717, 1.165) is 27.3 Å². The maximum Gasteiger partial charge on any atom is 0.134 e. The Labute approximate surface area is 130 Å². The molecule has 2 rings (SSSR count). The van der Waals surface area contributed by atoms with Crippen LogP contribution < -0.4 is 5.32 Å². The molecule has 100 valence electrons. The van der Waals surface area contributed by atoms with Gasteiger partial charge in [-0.3, -0.25) is 0 Å². The Hall–Kier alpha value is -0.940. The van der Waals surface area contributed by atoms with E-state index in [1.807, 2.05) is 18.2 Å². The van der Waals surface area contributed by atoms with Crippen LogP contribution in [0.4, 0.5) is 5.82 Å². The van der Waals surface area contributed by atoms with E-state index in [2.05, 4.69) is 73.1 Å². The highest BCUT2D eigenvalue weighted by Gasteiger charge is 2.06. The van der Waals surface area contributed by atoms with Gasteiger partial charge in [0.2, 0.25) is 0 Å². The summed E-state index contributed by atoms with van der Waals surface area (Å²) in [6.45, 7) is 4.90. The summed E-state index contributed by atoms with van der Waals surface area (Å²) in [6.07, 6.45) is 0. The fraction of sp³-hybridized carbons (Fsp3) is 0.286. The molecule has 1 heterocycles. The first-order chi connectivity index (χ1) is 9.04. The first-order valence-electron chi connectivity index (χ1n) is 6.07. The first kappa shape index (κ1) is 14.5. The Morgan fingerprint density at radius 2 is 1.95 bits per heavy atom. The number of benzene rings is 1. The lowest BCUT2D eigenvalue weighted by Crippen LogP contribution is -2.05. The number of nitrogens with one attached hydrogen (secondary N) is 1. The highest BCUT2D eigenvalue weighted by atomic mass is 79.9. The molecule has 0 aliphatic carbocycles. The predicted molar refractivity (Wildman–Crippen MR) is 85.3 cm³/mol. The van der Waals surface area contributed by atoms with Gasteiger partial charge in [0.1, 0.15) is 16.2 Å². The molecule has 0 atom stereocenters. The number of halogens is 2. The SMILES string of the molecule is CC(C)c1nc(Br)cc(NCc2cccc(Br)c2)n1. The summed E-state index contributed by atoms with van der Waals surface area (Å²) in [5.41, 5.74) is 1.20. The lowest BCUT2D eigenvalue weighted by atomic mass is 10.2. The van der Waals surface area contributed by atoms with Crippen molar-refractivity contribution in [2.24, 2.45) is 0 Å². The van der Waals surface area contributed by atoms with E-state index in [1.165, 1.54) is 5.56 Å². The highest BCUT2D eigenvalue weighted by molar-refractivity contribution is 9.10. The van der Waals surface area contributed by atoms with Crippen LogP contribution in [0.1, 0.15) is 31.2 Å². The van der Waals surface area contributed by atoms with Crippen molar-refractivity contribution >= 4 is 37.7 Å². The molecule has 1 aromatic carbocycles. The molecule has 0 saturated heterocycles. The fourth-order valence-corrected chi connectivity index (χ4v) is 2.47. The minimum atomic E-state index is 0.309. The lowest BCUT2D eigenvalue weighted by Gasteiger charge is -2.10. The van der Waals surface area contributed by atoms with Crippen LogP contribution >= 0.6 is 31.9 Å². The molecule has 2 aromatic rings. The third kappa shape index (κ3) is 4.28. The van der Waals surface area contributed by atoms with Crippen molar-refractivity contribution in [2.75, 3.05) is 5.32 Å². The van der Waals surface area contributed by atoms with Gasteiger partial charge < -0.3 is 5.32 Å². The molecular formula is C14H15Br2N3. The molecule has 3 nitrogen and oxygen atoms in total. The summed E-state index contributed by atoms with van der Waals surface area (Å²) in [6, 6.07) is 10.1. The topological polar surface area (TPSA) is 37.8 Å². The largest absolute Gasteiger partial charge is 0.366 e. The third-order valence-corrected chi connectivity index (χ3v) is 3.49. The van der Waals surface area contributed by atoms with Gasteiger partial charge in [-0.15, -0.1) is 0 Å². The molecule has 1 N–H and O–H groups in total. The van der Waals surface area contributed by atoms with Crippen molar-refractivity contribution < 1.29 is 0 Å².